The lowest BCUT2D eigenvalue weighted by Crippen LogP contribution is -2.20. The Balaban J connectivity index is 0.000000441. The van der Waals surface area contributed by atoms with Crippen molar-refractivity contribution in [2.24, 2.45) is 5.41 Å². The summed E-state index contributed by atoms with van der Waals surface area (Å²) in [5.74, 6) is -2.22. The van der Waals surface area contributed by atoms with E-state index in [1.54, 1.807) is 13.8 Å². The van der Waals surface area contributed by atoms with E-state index in [9.17, 15) is 9.59 Å². The second-order valence-corrected chi connectivity index (χ2v) is 5.07. The molecule has 6 heteroatoms. The average Bonchev–Trinajstić information content (AvgIpc) is 2.39. The maximum atomic E-state index is 10.6. The number of carboxylic acid groups (broad SMARTS) is 2. The van der Waals surface area contributed by atoms with E-state index in [-0.39, 0.29) is 35.3 Å². The summed E-state index contributed by atoms with van der Waals surface area (Å²) in [6, 6.07) is 4.17. The standard InChI is InChI=1S/C9H8O4.C5H12O2/c1-5-6(8(10)11)3-2-4-7(5)9(12)13;1-5(2,3-6)4-7/h2-4H,1H3,(H,10,11)(H,12,13);6-7H,3-4H2,1-2H3. The monoisotopic (exact) mass is 284 g/mol. The van der Waals surface area contributed by atoms with Crippen LogP contribution in [0.4, 0.5) is 0 Å². The molecule has 0 unspecified atom stereocenters. The van der Waals surface area contributed by atoms with E-state index >= 15 is 0 Å². The number of aromatic carboxylic acids is 2. The molecule has 112 valence electrons. The first-order valence-corrected chi connectivity index (χ1v) is 5.94. The molecule has 0 aliphatic rings. The van der Waals surface area contributed by atoms with Gasteiger partial charge in [0.1, 0.15) is 0 Å². The minimum Gasteiger partial charge on any atom is -0.478 e. The van der Waals surface area contributed by atoms with Crippen molar-refractivity contribution in [1.82, 2.24) is 0 Å². The number of rotatable bonds is 4. The van der Waals surface area contributed by atoms with Crippen molar-refractivity contribution in [3.05, 3.63) is 34.9 Å². The molecule has 0 aliphatic carbocycles. The van der Waals surface area contributed by atoms with Gasteiger partial charge in [-0.3, -0.25) is 0 Å². The van der Waals surface area contributed by atoms with Crippen LogP contribution in [0.2, 0.25) is 0 Å². The zero-order chi connectivity index (χ0) is 15.9. The van der Waals surface area contributed by atoms with Gasteiger partial charge in [0.25, 0.3) is 0 Å². The molecule has 20 heavy (non-hydrogen) atoms. The van der Waals surface area contributed by atoms with Crippen LogP contribution in [-0.4, -0.2) is 45.6 Å². The Morgan fingerprint density at radius 1 is 1.00 bits per heavy atom. The summed E-state index contributed by atoms with van der Waals surface area (Å²) in [6.45, 7) is 5.17. The van der Waals surface area contributed by atoms with Gasteiger partial charge in [0.05, 0.1) is 24.3 Å². The number of hydrogen-bond donors (Lipinski definition) is 4. The minimum atomic E-state index is -1.11. The minimum absolute atomic E-state index is 0.0277. The molecule has 0 aliphatic heterocycles. The summed E-state index contributed by atoms with van der Waals surface area (Å²) in [7, 11) is 0. The van der Waals surface area contributed by atoms with Crippen LogP contribution < -0.4 is 0 Å². The number of carboxylic acids is 2. The molecule has 0 amide bonds. The predicted octanol–water partition coefficient (Wildman–Crippen LogP) is 1.39. The van der Waals surface area contributed by atoms with Crippen molar-refractivity contribution in [1.29, 1.82) is 0 Å². The number of carbonyl (C=O) groups is 2. The highest BCUT2D eigenvalue weighted by atomic mass is 16.4. The molecule has 1 aromatic carbocycles. The summed E-state index contributed by atoms with van der Waals surface area (Å²) < 4.78 is 0. The molecule has 0 spiro atoms. The zero-order valence-corrected chi connectivity index (χ0v) is 11.8. The van der Waals surface area contributed by atoms with Crippen LogP contribution in [0, 0.1) is 12.3 Å². The van der Waals surface area contributed by atoms with Gasteiger partial charge in [-0.15, -0.1) is 0 Å². The smallest absolute Gasteiger partial charge is 0.335 e. The third kappa shape index (κ3) is 5.38. The molecule has 0 radical (unpaired) electrons. The van der Waals surface area contributed by atoms with Crippen molar-refractivity contribution in [2.75, 3.05) is 13.2 Å². The van der Waals surface area contributed by atoms with E-state index in [0.717, 1.165) is 0 Å². The average molecular weight is 284 g/mol. The van der Waals surface area contributed by atoms with Gasteiger partial charge in [0.2, 0.25) is 0 Å². The third-order valence-corrected chi connectivity index (χ3v) is 2.65. The Labute approximate surface area is 117 Å². The van der Waals surface area contributed by atoms with Crippen LogP contribution in [0.1, 0.15) is 40.1 Å². The molecule has 4 N–H and O–H groups in total. The van der Waals surface area contributed by atoms with Crippen molar-refractivity contribution in [3.63, 3.8) is 0 Å². The first kappa shape index (κ1) is 18.1. The molecule has 0 atom stereocenters. The van der Waals surface area contributed by atoms with E-state index in [1.807, 2.05) is 0 Å². The number of hydrogen-bond acceptors (Lipinski definition) is 4. The van der Waals surface area contributed by atoms with E-state index in [2.05, 4.69) is 0 Å². The Hall–Kier alpha value is -1.92. The van der Waals surface area contributed by atoms with Crippen molar-refractivity contribution in [3.8, 4) is 0 Å². The number of aliphatic hydroxyl groups excluding tert-OH is 2. The summed E-state index contributed by atoms with van der Waals surface area (Å²) in [5, 5.41) is 34.2. The lowest BCUT2D eigenvalue weighted by atomic mass is 9.97. The number of benzene rings is 1. The second kappa shape index (κ2) is 7.62. The quantitative estimate of drug-likeness (QED) is 0.664. The van der Waals surface area contributed by atoms with Gasteiger partial charge in [-0.2, -0.15) is 0 Å². The highest BCUT2D eigenvalue weighted by molar-refractivity contribution is 5.96. The lowest BCUT2D eigenvalue weighted by Gasteiger charge is -2.16. The van der Waals surface area contributed by atoms with Gasteiger partial charge in [-0.1, -0.05) is 19.9 Å². The molecule has 1 rings (SSSR count). The fraction of sp³-hybridized carbons (Fsp3) is 0.429. The molecule has 0 aromatic heterocycles. The SMILES string of the molecule is CC(C)(CO)CO.Cc1c(C(=O)O)cccc1C(=O)O. The largest absolute Gasteiger partial charge is 0.478 e. The molecule has 0 fully saturated rings. The normalized spacial score (nSPS) is 10.4. The number of aliphatic hydroxyl groups is 2. The van der Waals surface area contributed by atoms with Gasteiger partial charge in [0.15, 0.2) is 0 Å². The highest BCUT2D eigenvalue weighted by Crippen LogP contribution is 2.13. The predicted molar refractivity (Wildman–Crippen MR) is 73.1 cm³/mol. The molecular weight excluding hydrogens is 264 g/mol. The second-order valence-electron chi connectivity index (χ2n) is 5.07. The van der Waals surface area contributed by atoms with Crippen LogP contribution >= 0.6 is 0 Å². The van der Waals surface area contributed by atoms with E-state index < -0.39 is 11.9 Å². The topological polar surface area (TPSA) is 115 Å². The fourth-order valence-corrected chi connectivity index (χ4v) is 1.15. The van der Waals surface area contributed by atoms with Crippen LogP contribution in [0.3, 0.4) is 0 Å². The molecule has 6 nitrogen and oxygen atoms in total. The first-order chi connectivity index (χ1) is 9.16. The van der Waals surface area contributed by atoms with Gasteiger partial charge < -0.3 is 20.4 Å². The van der Waals surface area contributed by atoms with Gasteiger partial charge in [0, 0.05) is 5.41 Å². The van der Waals surface area contributed by atoms with Crippen molar-refractivity contribution < 1.29 is 30.0 Å². The zero-order valence-electron chi connectivity index (χ0n) is 11.8. The third-order valence-electron chi connectivity index (χ3n) is 2.65. The van der Waals surface area contributed by atoms with Crippen LogP contribution in [0.15, 0.2) is 18.2 Å². The van der Waals surface area contributed by atoms with E-state index in [1.165, 1.54) is 25.1 Å². The molecule has 0 heterocycles. The maximum Gasteiger partial charge on any atom is 0.335 e. The van der Waals surface area contributed by atoms with Gasteiger partial charge >= 0.3 is 11.9 Å². The van der Waals surface area contributed by atoms with E-state index in [4.69, 9.17) is 20.4 Å². The summed E-state index contributed by atoms with van der Waals surface area (Å²) in [6.07, 6.45) is 0. The van der Waals surface area contributed by atoms with Crippen LogP contribution in [0.5, 0.6) is 0 Å². The Kier molecular flexibility index (Phi) is 6.89. The van der Waals surface area contributed by atoms with Gasteiger partial charge in [-0.25, -0.2) is 9.59 Å². The van der Waals surface area contributed by atoms with Gasteiger partial charge in [-0.05, 0) is 24.6 Å². The van der Waals surface area contributed by atoms with Crippen molar-refractivity contribution >= 4 is 11.9 Å². The molecular formula is C14H20O6. The summed E-state index contributed by atoms with van der Waals surface area (Å²) in [5.41, 5.74) is 0.0299. The molecule has 0 saturated heterocycles. The molecule has 0 bridgehead atoms. The molecule has 1 aromatic rings. The maximum absolute atomic E-state index is 10.6. The fourth-order valence-electron chi connectivity index (χ4n) is 1.15. The van der Waals surface area contributed by atoms with Crippen LogP contribution in [0.25, 0.3) is 0 Å². The summed E-state index contributed by atoms with van der Waals surface area (Å²) >= 11 is 0. The van der Waals surface area contributed by atoms with E-state index in [0.29, 0.717) is 0 Å². The Bertz CT molecular complexity index is 440. The Morgan fingerprint density at radius 2 is 1.35 bits per heavy atom. The summed E-state index contributed by atoms with van der Waals surface area (Å²) in [4.78, 5) is 21.2. The first-order valence-electron chi connectivity index (χ1n) is 5.94. The molecule has 0 saturated carbocycles. The highest BCUT2D eigenvalue weighted by Gasteiger charge is 2.14. The van der Waals surface area contributed by atoms with Crippen LogP contribution in [-0.2, 0) is 0 Å². The Morgan fingerprint density at radius 3 is 1.55 bits per heavy atom. The lowest BCUT2D eigenvalue weighted by molar-refractivity contribution is 0.0696. The van der Waals surface area contributed by atoms with Crippen molar-refractivity contribution in [2.45, 2.75) is 20.8 Å².